The van der Waals surface area contributed by atoms with Crippen LogP contribution in [0.4, 0.5) is 0 Å². The number of hydrogen-bond acceptors (Lipinski definition) is 2. The van der Waals surface area contributed by atoms with E-state index in [2.05, 4.69) is 44.5 Å². The third-order valence-electron chi connectivity index (χ3n) is 3.20. The van der Waals surface area contributed by atoms with Crippen LogP contribution in [0.15, 0.2) is 11.4 Å². The first kappa shape index (κ1) is 11.7. The fraction of sp³-hybridized carbons (Fsp3) is 0.667. The van der Waals surface area contributed by atoms with Crippen LogP contribution in [0.2, 0.25) is 0 Å². The maximum atomic E-state index is 3.65. The Hall–Kier alpha value is -0.340. The second kappa shape index (κ2) is 4.94. The molecule has 1 aromatic heterocycles. The van der Waals surface area contributed by atoms with Gasteiger partial charge >= 0.3 is 0 Å². The summed E-state index contributed by atoms with van der Waals surface area (Å²) in [5, 5.41) is 5.82. The van der Waals surface area contributed by atoms with E-state index in [9.17, 15) is 0 Å². The Labute approximate surface area is 91.5 Å². The molecule has 0 saturated carbocycles. The van der Waals surface area contributed by atoms with E-state index in [-0.39, 0.29) is 0 Å². The highest BCUT2D eigenvalue weighted by Crippen LogP contribution is 2.19. The third-order valence-corrected chi connectivity index (χ3v) is 4.23. The molecule has 2 heteroatoms. The van der Waals surface area contributed by atoms with Gasteiger partial charge in [0.05, 0.1) is 0 Å². The normalized spacial score (nSPS) is 12.0. The molecule has 1 N–H and O–H groups in total. The van der Waals surface area contributed by atoms with Gasteiger partial charge in [-0.25, -0.2) is 0 Å². The van der Waals surface area contributed by atoms with E-state index in [0.717, 1.165) is 6.54 Å². The molecule has 1 nitrogen and oxygen atoms in total. The number of hydrogen-bond donors (Lipinski definition) is 1. The van der Waals surface area contributed by atoms with Crippen LogP contribution in [0.25, 0.3) is 0 Å². The van der Waals surface area contributed by atoms with Gasteiger partial charge in [-0.15, -0.1) is 11.3 Å². The largest absolute Gasteiger partial charge is 0.307 e. The van der Waals surface area contributed by atoms with Crippen molar-refractivity contribution in [1.82, 2.24) is 5.32 Å². The Balaban J connectivity index is 2.52. The van der Waals surface area contributed by atoms with E-state index < -0.39 is 0 Å². The summed E-state index contributed by atoms with van der Waals surface area (Å²) in [6.07, 6.45) is 2.38. The minimum Gasteiger partial charge on any atom is -0.307 e. The Bertz CT molecular complexity index is 274. The molecule has 0 atom stereocenters. The van der Waals surface area contributed by atoms with Crippen LogP contribution in [0.3, 0.4) is 0 Å². The van der Waals surface area contributed by atoms with Crippen molar-refractivity contribution >= 4 is 11.3 Å². The lowest BCUT2D eigenvalue weighted by atomic mass is 9.95. The summed E-state index contributed by atoms with van der Waals surface area (Å²) in [4.78, 5) is 1.47. The van der Waals surface area contributed by atoms with Gasteiger partial charge in [0.2, 0.25) is 0 Å². The molecule has 0 aliphatic rings. The van der Waals surface area contributed by atoms with E-state index in [4.69, 9.17) is 0 Å². The molecule has 0 unspecified atom stereocenters. The molecule has 1 aromatic rings. The molecule has 1 heterocycles. The van der Waals surface area contributed by atoms with Crippen molar-refractivity contribution in [3.8, 4) is 0 Å². The second-order valence-electron chi connectivity index (χ2n) is 4.15. The van der Waals surface area contributed by atoms with Gasteiger partial charge in [-0.1, -0.05) is 13.8 Å². The van der Waals surface area contributed by atoms with Gasteiger partial charge in [-0.2, -0.15) is 0 Å². The molecule has 14 heavy (non-hydrogen) atoms. The quantitative estimate of drug-likeness (QED) is 0.782. The number of nitrogens with one attached hydrogen (secondary N) is 1. The van der Waals surface area contributed by atoms with E-state index >= 15 is 0 Å². The number of rotatable bonds is 5. The van der Waals surface area contributed by atoms with Gasteiger partial charge in [0, 0.05) is 17.0 Å². The summed E-state index contributed by atoms with van der Waals surface area (Å²) < 4.78 is 0. The monoisotopic (exact) mass is 211 g/mol. The van der Waals surface area contributed by atoms with Gasteiger partial charge in [-0.3, -0.25) is 0 Å². The molecule has 0 aliphatic heterocycles. The van der Waals surface area contributed by atoms with Crippen LogP contribution >= 0.6 is 11.3 Å². The Morgan fingerprint density at radius 2 is 2.00 bits per heavy atom. The van der Waals surface area contributed by atoms with E-state index in [0.29, 0.717) is 5.54 Å². The van der Waals surface area contributed by atoms with E-state index in [1.165, 1.54) is 23.3 Å². The third kappa shape index (κ3) is 2.82. The average molecular weight is 211 g/mol. The van der Waals surface area contributed by atoms with Crippen molar-refractivity contribution in [2.24, 2.45) is 0 Å². The topological polar surface area (TPSA) is 12.0 Å². The number of thiophene rings is 1. The Morgan fingerprint density at radius 1 is 1.36 bits per heavy atom. The van der Waals surface area contributed by atoms with Gasteiger partial charge in [0.1, 0.15) is 0 Å². The predicted molar refractivity (Wildman–Crippen MR) is 64.9 cm³/mol. The summed E-state index contributed by atoms with van der Waals surface area (Å²) in [5.74, 6) is 0. The first-order valence-corrected chi connectivity index (χ1v) is 6.27. The van der Waals surface area contributed by atoms with Crippen LogP contribution in [0, 0.1) is 6.92 Å². The SMILES string of the molecule is CCC(C)(CC)NCc1sccc1C. The molecule has 0 aromatic carbocycles. The molecule has 0 amide bonds. The smallest absolute Gasteiger partial charge is 0.0307 e. The van der Waals surface area contributed by atoms with Crippen molar-refractivity contribution in [3.05, 3.63) is 21.9 Å². The van der Waals surface area contributed by atoms with Crippen molar-refractivity contribution < 1.29 is 0 Å². The number of aryl methyl sites for hydroxylation is 1. The molecule has 80 valence electrons. The van der Waals surface area contributed by atoms with E-state index in [1.54, 1.807) is 0 Å². The Kier molecular flexibility index (Phi) is 4.14. The lowest BCUT2D eigenvalue weighted by Gasteiger charge is -2.28. The van der Waals surface area contributed by atoms with Gasteiger partial charge < -0.3 is 5.32 Å². The van der Waals surface area contributed by atoms with Crippen LogP contribution in [0.1, 0.15) is 44.1 Å². The van der Waals surface area contributed by atoms with Crippen LogP contribution in [-0.2, 0) is 6.54 Å². The zero-order chi connectivity index (χ0) is 10.6. The summed E-state index contributed by atoms with van der Waals surface area (Å²) in [6.45, 7) is 10.00. The summed E-state index contributed by atoms with van der Waals surface area (Å²) in [6, 6.07) is 2.19. The Morgan fingerprint density at radius 3 is 2.43 bits per heavy atom. The maximum absolute atomic E-state index is 3.65. The lowest BCUT2D eigenvalue weighted by Crippen LogP contribution is -2.40. The maximum Gasteiger partial charge on any atom is 0.0307 e. The fourth-order valence-electron chi connectivity index (χ4n) is 1.38. The van der Waals surface area contributed by atoms with Crippen LogP contribution < -0.4 is 5.32 Å². The lowest BCUT2D eigenvalue weighted by molar-refractivity contribution is 0.330. The summed E-state index contributed by atoms with van der Waals surface area (Å²) in [5.41, 5.74) is 1.72. The fourth-order valence-corrected chi connectivity index (χ4v) is 2.22. The van der Waals surface area contributed by atoms with Crippen molar-refractivity contribution in [2.75, 3.05) is 0 Å². The van der Waals surface area contributed by atoms with Gasteiger partial charge in [0.15, 0.2) is 0 Å². The van der Waals surface area contributed by atoms with Gasteiger partial charge in [-0.05, 0) is 43.7 Å². The minimum atomic E-state index is 0.302. The molecule has 0 saturated heterocycles. The predicted octanol–water partition coefficient (Wildman–Crippen LogP) is 3.72. The van der Waals surface area contributed by atoms with E-state index in [1.807, 2.05) is 11.3 Å². The zero-order valence-corrected chi connectivity index (χ0v) is 10.5. The molecule has 0 aliphatic carbocycles. The van der Waals surface area contributed by atoms with Gasteiger partial charge in [0.25, 0.3) is 0 Å². The average Bonchev–Trinajstić information content (AvgIpc) is 2.61. The van der Waals surface area contributed by atoms with Crippen molar-refractivity contribution in [1.29, 1.82) is 0 Å². The summed E-state index contributed by atoms with van der Waals surface area (Å²) >= 11 is 1.85. The standard InChI is InChI=1S/C12H21NS/c1-5-12(4,6-2)13-9-11-10(3)7-8-14-11/h7-8,13H,5-6,9H2,1-4H3. The molecule has 0 spiro atoms. The van der Waals surface area contributed by atoms with Crippen LogP contribution in [-0.4, -0.2) is 5.54 Å². The molecular formula is C12H21NS. The first-order chi connectivity index (χ1) is 6.61. The zero-order valence-electron chi connectivity index (χ0n) is 9.68. The molecule has 1 rings (SSSR count). The van der Waals surface area contributed by atoms with Crippen molar-refractivity contribution in [2.45, 2.75) is 52.6 Å². The summed E-state index contributed by atoms with van der Waals surface area (Å²) in [7, 11) is 0. The van der Waals surface area contributed by atoms with Crippen LogP contribution in [0.5, 0.6) is 0 Å². The highest BCUT2D eigenvalue weighted by molar-refractivity contribution is 7.10. The molecule has 0 radical (unpaired) electrons. The van der Waals surface area contributed by atoms with Crippen molar-refractivity contribution in [3.63, 3.8) is 0 Å². The highest BCUT2D eigenvalue weighted by Gasteiger charge is 2.18. The minimum absolute atomic E-state index is 0.302. The second-order valence-corrected chi connectivity index (χ2v) is 5.15. The molecular weight excluding hydrogens is 190 g/mol. The molecule has 0 bridgehead atoms. The highest BCUT2D eigenvalue weighted by atomic mass is 32.1. The first-order valence-electron chi connectivity index (χ1n) is 5.39. The molecule has 0 fully saturated rings.